The fraction of sp³-hybridized carbons (Fsp3) is 0. The Morgan fingerprint density at radius 2 is 0.714 bits per heavy atom. The number of benzene rings is 8. The molecule has 8 aromatic carbocycles. The number of aromatic nitrogens is 3. The van der Waals surface area contributed by atoms with Crippen LogP contribution in [0.4, 0.5) is 0 Å². The van der Waals surface area contributed by atoms with Gasteiger partial charge in [-0.15, -0.1) is 0 Å². The quantitative estimate of drug-likeness (QED) is 0.133. The maximum absolute atomic E-state index is 4.99. The van der Waals surface area contributed by atoms with Crippen LogP contribution in [0.5, 0.6) is 0 Å². The summed E-state index contributed by atoms with van der Waals surface area (Å²) < 4.78 is 1.000. The SMILES string of the molecule is [Se]c1c(-c2cccc(-c3ccc4c5ccccc5c5ccccc5c4c3)c2)cccc1-c1nc(-c2ccccc2)nc(-c2ccccc2)n1. The fourth-order valence-corrected chi connectivity index (χ4v) is 7.55. The van der Waals surface area contributed by atoms with Gasteiger partial charge in [0.25, 0.3) is 0 Å². The second-order valence-corrected chi connectivity index (χ2v) is 13.0. The normalized spacial score (nSPS) is 11.3. The molecule has 229 valence electrons. The average Bonchev–Trinajstić information content (AvgIpc) is 3.18. The summed E-state index contributed by atoms with van der Waals surface area (Å²) in [6.07, 6.45) is 0. The van der Waals surface area contributed by atoms with E-state index in [0.29, 0.717) is 17.5 Å². The molecule has 0 saturated carbocycles. The second kappa shape index (κ2) is 12.3. The van der Waals surface area contributed by atoms with Crippen LogP contribution in [0.3, 0.4) is 0 Å². The van der Waals surface area contributed by atoms with Gasteiger partial charge in [0.1, 0.15) is 0 Å². The molecule has 1 aromatic heterocycles. The van der Waals surface area contributed by atoms with Gasteiger partial charge in [-0.05, 0) is 0 Å². The Morgan fingerprint density at radius 3 is 1.33 bits per heavy atom. The first-order chi connectivity index (χ1) is 24.2. The Balaban J connectivity index is 1.16. The molecule has 0 unspecified atom stereocenters. The standard InChI is InChI=1S/C45H28N3Se/c49-42-34(23-12-24-40(42)45-47-43(29-13-3-1-4-14-29)46-44(48-45)30-15-5-2-6-16-30)33-18-11-17-31(27-33)32-25-26-39-37-21-8-7-19-35(37)36-20-9-10-22-38(36)41(39)28-32/h1-28H. The minimum absolute atomic E-state index is 0.632. The first-order valence-electron chi connectivity index (χ1n) is 16.3. The Morgan fingerprint density at radius 1 is 0.286 bits per heavy atom. The Labute approximate surface area is 292 Å². The van der Waals surface area contributed by atoms with Gasteiger partial charge in [0, 0.05) is 0 Å². The molecule has 49 heavy (non-hydrogen) atoms. The van der Waals surface area contributed by atoms with Crippen LogP contribution in [-0.4, -0.2) is 31.0 Å². The van der Waals surface area contributed by atoms with Crippen LogP contribution in [0, 0.1) is 0 Å². The third kappa shape index (κ3) is 5.28. The molecule has 0 bridgehead atoms. The number of hydrogen-bond donors (Lipinski definition) is 0. The molecular weight excluding hydrogens is 661 g/mol. The second-order valence-electron chi connectivity index (χ2n) is 12.2. The van der Waals surface area contributed by atoms with Crippen molar-refractivity contribution in [3.63, 3.8) is 0 Å². The average molecular weight is 690 g/mol. The van der Waals surface area contributed by atoms with Crippen LogP contribution < -0.4 is 4.46 Å². The van der Waals surface area contributed by atoms with Crippen molar-refractivity contribution in [2.75, 3.05) is 0 Å². The summed E-state index contributed by atoms with van der Waals surface area (Å²) in [6, 6.07) is 59.6. The third-order valence-corrected chi connectivity index (χ3v) is 10.1. The van der Waals surface area contributed by atoms with Crippen LogP contribution >= 0.6 is 0 Å². The molecule has 4 heteroatoms. The van der Waals surface area contributed by atoms with Gasteiger partial charge >= 0.3 is 288 Å². The van der Waals surface area contributed by atoms with Gasteiger partial charge in [-0.3, -0.25) is 0 Å². The van der Waals surface area contributed by atoms with Crippen LogP contribution in [0.2, 0.25) is 0 Å². The van der Waals surface area contributed by atoms with E-state index < -0.39 is 0 Å². The van der Waals surface area contributed by atoms with E-state index in [-0.39, 0.29) is 0 Å². The molecule has 0 fully saturated rings. The number of rotatable bonds is 5. The van der Waals surface area contributed by atoms with E-state index in [0.717, 1.165) is 32.3 Å². The van der Waals surface area contributed by atoms with Gasteiger partial charge in [0.15, 0.2) is 0 Å². The summed E-state index contributed by atoms with van der Waals surface area (Å²) in [5.41, 5.74) is 7.40. The molecule has 0 amide bonds. The summed E-state index contributed by atoms with van der Waals surface area (Å²) in [5, 5.41) is 7.66. The summed E-state index contributed by atoms with van der Waals surface area (Å²) in [5.74, 6) is 1.92. The number of hydrogen-bond acceptors (Lipinski definition) is 3. The van der Waals surface area contributed by atoms with Gasteiger partial charge in [-0.1, -0.05) is 6.07 Å². The van der Waals surface area contributed by atoms with Crippen LogP contribution in [-0.2, 0) is 0 Å². The van der Waals surface area contributed by atoms with E-state index in [2.05, 4.69) is 125 Å². The molecule has 1 heterocycles. The van der Waals surface area contributed by atoms with Crippen LogP contribution in [0.15, 0.2) is 170 Å². The summed E-state index contributed by atoms with van der Waals surface area (Å²) >= 11 is 3.37. The summed E-state index contributed by atoms with van der Waals surface area (Å²) in [4.78, 5) is 14.9. The monoisotopic (exact) mass is 690 g/mol. The van der Waals surface area contributed by atoms with Crippen molar-refractivity contribution >= 4 is 52.8 Å². The molecule has 1 radical (unpaired) electrons. The Hall–Kier alpha value is -5.93. The molecule has 3 nitrogen and oxygen atoms in total. The number of nitrogens with zero attached hydrogens (tertiary/aromatic N) is 3. The predicted molar refractivity (Wildman–Crippen MR) is 205 cm³/mol. The zero-order valence-electron chi connectivity index (χ0n) is 26.4. The summed E-state index contributed by atoms with van der Waals surface area (Å²) in [7, 11) is 0. The number of fused-ring (bicyclic) bond motifs is 6. The molecule has 0 spiro atoms. The molecule has 0 aliphatic rings. The Bertz CT molecular complexity index is 2580. The van der Waals surface area contributed by atoms with Crippen molar-refractivity contribution in [2.24, 2.45) is 0 Å². The van der Waals surface area contributed by atoms with Crippen molar-refractivity contribution in [1.82, 2.24) is 15.0 Å². The van der Waals surface area contributed by atoms with Crippen molar-refractivity contribution in [3.05, 3.63) is 170 Å². The Kier molecular flexibility index (Phi) is 7.31. The maximum atomic E-state index is 4.99. The molecular formula is C45H28N3Se. The molecule has 0 saturated heterocycles. The first-order valence-corrected chi connectivity index (χ1v) is 17.2. The van der Waals surface area contributed by atoms with Gasteiger partial charge in [0.05, 0.1) is 0 Å². The molecule has 0 N–H and O–H groups in total. The van der Waals surface area contributed by atoms with Crippen molar-refractivity contribution in [2.45, 2.75) is 0 Å². The first kappa shape index (κ1) is 29.2. The zero-order valence-corrected chi connectivity index (χ0v) is 28.1. The van der Waals surface area contributed by atoms with Gasteiger partial charge < -0.3 is 0 Å². The molecule has 0 aliphatic heterocycles. The molecule has 0 atom stereocenters. The zero-order chi connectivity index (χ0) is 32.7. The van der Waals surface area contributed by atoms with Gasteiger partial charge in [-0.2, -0.15) is 0 Å². The van der Waals surface area contributed by atoms with Crippen molar-refractivity contribution in [1.29, 1.82) is 0 Å². The fourth-order valence-electron chi connectivity index (χ4n) is 6.82. The van der Waals surface area contributed by atoms with E-state index in [1.165, 1.54) is 43.4 Å². The minimum atomic E-state index is 0.632. The van der Waals surface area contributed by atoms with E-state index in [1.807, 2.05) is 60.7 Å². The van der Waals surface area contributed by atoms with E-state index >= 15 is 0 Å². The van der Waals surface area contributed by atoms with Crippen LogP contribution in [0.1, 0.15) is 0 Å². The van der Waals surface area contributed by atoms with E-state index in [9.17, 15) is 0 Å². The van der Waals surface area contributed by atoms with E-state index in [4.69, 9.17) is 15.0 Å². The topological polar surface area (TPSA) is 38.7 Å². The van der Waals surface area contributed by atoms with E-state index in [1.54, 1.807) is 0 Å². The molecule has 9 aromatic rings. The van der Waals surface area contributed by atoms with Crippen molar-refractivity contribution < 1.29 is 0 Å². The van der Waals surface area contributed by atoms with Gasteiger partial charge in [-0.25, -0.2) is 0 Å². The third-order valence-electron chi connectivity index (χ3n) is 9.21. The molecule has 0 aliphatic carbocycles. The van der Waals surface area contributed by atoms with Gasteiger partial charge in [0.2, 0.25) is 0 Å². The molecule has 9 rings (SSSR count). The van der Waals surface area contributed by atoms with Crippen molar-refractivity contribution in [3.8, 4) is 56.4 Å². The summed E-state index contributed by atoms with van der Waals surface area (Å²) in [6.45, 7) is 0. The van der Waals surface area contributed by atoms with Crippen LogP contribution in [0.25, 0.3) is 88.7 Å². The predicted octanol–water partition coefficient (Wildman–Crippen LogP) is 10.5.